The summed E-state index contributed by atoms with van der Waals surface area (Å²) in [5, 5.41) is 28.4. The number of hydrogen-bond acceptors (Lipinski definition) is 5. The van der Waals surface area contributed by atoms with Gasteiger partial charge in [-0.05, 0) is 19.3 Å². The summed E-state index contributed by atoms with van der Waals surface area (Å²) in [6.45, 7) is 2.44. The molecule has 0 aromatic rings. The van der Waals surface area contributed by atoms with Gasteiger partial charge in [-0.15, -0.1) is 0 Å². The Morgan fingerprint density at radius 2 is 1.91 bits per heavy atom. The van der Waals surface area contributed by atoms with Gasteiger partial charge in [0.15, 0.2) is 0 Å². The lowest BCUT2D eigenvalue weighted by molar-refractivity contribution is -0.0924. The number of rotatable bonds is 12. The normalized spacial score (nSPS) is 26.8. The van der Waals surface area contributed by atoms with E-state index in [4.69, 9.17) is 14.6 Å². The lowest BCUT2D eigenvalue weighted by Crippen LogP contribution is -2.42. The molecule has 1 heterocycles. The Bertz CT molecular complexity index is 295. The first-order valence-electron chi connectivity index (χ1n) is 8.55. The lowest BCUT2D eigenvalue weighted by Gasteiger charge is -2.23. The van der Waals surface area contributed by atoms with Crippen molar-refractivity contribution in [2.45, 2.75) is 76.3 Å². The molecule has 3 N–H and O–H groups in total. The molecule has 0 radical (unpaired) electrons. The molecular weight excluding hydrogens is 284 g/mol. The summed E-state index contributed by atoms with van der Waals surface area (Å²) in [6, 6.07) is 0. The monoisotopic (exact) mass is 316 g/mol. The summed E-state index contributed by atoms with van der Waals surface area (Å²) in [6.07, 6.45) is 9.63. The molecule has 1 saturated heterocycles. The average Bonchev–Trinajstić information content (AvgIpc) is 2.89. The number of allylic oxidation sites excluding steroid dienone is 1. The fourth-order valence-electron chi connectivity index (χ4n) is 2.63. The van der Waals surface area contributed by atoms with Crippen molar-refractivity contribution in [1.29, 1.82) is 0 Å². The molecule has 1 aliphatic heterocycles. The minimum absolute atomic E-state index is 0.139. The molecule has 5 nitrogen and oxygen atoms in total. The van der Waals surface area contributed by atoms with E-state index in [2.05, 4.69) is 19.1 Å². The van der Waals surface area contributed by atoms with Crippen LogP contribution in [-0.2, 0) is 9.47 Å². The fraction of sp³-hybridized carbons (Fsp3) is 0.882. The lowest BCUT2D eigenvalue weighted by atomic mass is 10.1. The largest absolute Gasteiger partial charge is 0.394 e. The summed E-state index contributed by atoms with van der Waals surface area (Å²) in [5.74, 6) is 0. The van der Waals surface area contributed by atoms with Gasteiger partial charge in [-0.1, -0.05) is 44.8 Å². The summed E-state index contributed by atoms with van der Waals surface area (Å²) in [5.41, 5.74) is 0. The van der Waals surface area contributed by atoms with Gasteiger partial charge in [-0.2, -0.15) is 0 Å². The molecule has 0 bridgehead atoms. The smallest absolute Gasteiger partial charge is 0.114 e. The van der Waals surface area contributed by atoms with Crippen molar-refractivity contribution in [3.05, 3.63) is 12.2 Å². The van der Waals surface area contributed by atoms with Gasteiger partial charge in [-0.3, -0.25) is 0 Å². The quantitative estimate of drug-likeness (QED) is 0.378. The van der Waals surface area contributed by atoms with E-state index in [9.17, 15) is 10.2 Å². The zero-order valence-corrected chi connectivity index (χ0v) is 13.7. The first-order valence-corrected chi connectivity index (χ1v) is 8.55. The maximum absolute atomic E-state index is 9.79. The van der Waals surface area contributed by atoms with Gasteiger partial charge >= 0.3 is 0 Å². The molecule has 5 heteroatoms. The van der Waals surface area contributed by atoms with E-state index >= 15 is 0 Å². The summed E-state index contributed by atoms with van der Waals surface area (Å²) in [4.78, 5) is 0. The highest BCUT2D eigenvalue weighted by atomic mass is 16.6. The molecular formula is C17H32O5. The van der Waals surface area contributed by atoms with Gasteiger partial charge < -0.3 is 24.8 Å². The molecule has 1 fully saturated rings. The Morgan fingerprint density at radius 1 is 1.18 bits per heavy atom. The SMILES string of the molecule is CCCCCCC/C=C/CCO[C@@H]1[C@H]([C@H](O)CO)OC[C@@H]1O. The standard InChI is InChI=1S/C17H32O5/c1-2-3-4-5-6-7-8-9-10-11-21-17-15(20)13-22-16(17)14(19)12-18/h8-9,14-20H,2-7,10-13H2,1H3/b9-8+/t14-,15+,16+,17+/m1/s1. The Morgan fingerprint density at radius 3 is 2.64 bits per heavy atom. The Labute approximate surface area is 133 Å². The van der Waals surface area contributed by atoms with Gasteiger partial charge in [0.25, 0.3) is 0 Å². The second-order valence-electron chi connectivity index (χ2n) is 5.91. The molecule has 0 aliphatic carbocycles. The van der Waals surface area contributed by atoms with Crippen molar-refractivity contribution >= 4 is 0 Å². The molecule has 0 unspecified atom stereocenters. The highest BCUT2D eigenvalue weighted by Crippen LogP contribution is 2.21. The number of ether oxygens (including phenoxy) is 2. The van der Waals surface area contributed by atoms with Gasteiger partial charge in [0.1, 0.15) is 24.4 Å². The van der Waals surface area contributed by atoms with Crippen molar-refractivity contribution in [2.75, 3.05) is 19.8 Å². The van der Waals surface area contributed by atoms with Crippen LogP contribution in [-0.4, -0.2) is 59.6 Å². The Balaban J connectivity index is 2.10. The second kappa shape index (κ2) is 12.0. The first-order chi connectivity index (χ1) is 10.7. The van der Waals surface area contributed by atoms with Crippen LogP contribution in [0.4, 0.5) is 0 Å². The van der Waals surface area contributed by atoms with Crippen LogP contribution in [0.25, 0.3) is 0 Å². The van der Waals surface area contributed by atoms with E-state index in [1.54, 1.807) is 0 Å². The maximum Gasteiger partial charge on any atom is 0.114 e. The van der Waals surface area contributed by atoms with Crippen molar-refractivity contribution in [3.63, 3.8) is 0 Å². The molecule has 0 aromatic carbocycles. The minimum atomic E-state index is -1.01. The zero-order valence-electron chi connectivity index (χ0n) is 13.7. The molecule has 4 atom stereocenters. The molecule has 130 valence electrons. The van der Waals surface area contributed by atoms with E-state index in [1.807, 2.05) is 0 Å². The Kier molecular flexibility index (Phi) is 10.7. The molecule has 0 amide bonds. The van der Waals surface area contributed by atoms with Crippen LogP contribution in [0.2, 0.25) is 0 Å². The van der Waals surface area contributed by atoms with E-state index in [0.717, 1.165) is 12.8 Å². The average molecular weight is 316 g/mol. The third-order valence-corrected chi connectivity index (χ3v) is 3.96. The van der Waals surface area contributed by atoms with Crippen molar-refractivity contribution < 1.29 is 24.8 Å². The van der Waals surface area contributed by atoms with Crippen LogP contribution in [0, 0.1) is 0 Å². The second-order valence-corrected chi connectivity index (χ2v) is 5.91. The van der Waals surface area contributed by atoms with Crippen molar-refractivity contribution in [3.8, 4) is 0 Å². The van der Waals surface area contributed by atoms with Crippen LogP contribution < -0.4 is 0 Å². The highest BCUT2D eigenvalue weighted by Gasteiger charge is 2.40. The van der Waals surface area contributed by atoms with E-state index < -0.39 is 31.0 Å². The predicted molar refractivity (Wildman–Crippen MR) is 85.7 cm³/mol. The third-order valence-electron chi connectivity index (χ3n) is 3.96. The summed E-state index contributed by atoms with van der Waals surface area (Å²) in [7, 11) is 0. The first kappa shape index (κ1) is 19.6. The number of hydrogen-bond donors (Lipinski definition) is 3. The van der Waals surface area contributed by atoms with Gasteiger partial charge in [0.2, 0.25) is 0 Å². The van der Waals surface area contributed by atoms with Gasteiger partial charge in [0.05, 0.1) is 19.8 Å². The van der Waals surface area contributed by atoms with E-state index in [-0.39, 0.29) is 6.61 Å². The zero-order chi connectivity index (χ0) is 16.2. The topological polar surface area (TPSA) is 79.2 Å². The predicted octanol–water partition coefficient (Wildman–Crippen LogP) is 1.79. The van der Waals surface area contributed by atoms with Crippen LogP contribution in [0.15, 0.2) is 12.2 Å². The fourth-order valence-corrected chi connectivity index (χ4v) is 2.63. The maximum atomic E-state index is 9.79. The van der Waals surface area contributed by atoms with Crippen LogP contribution in [0.3, 0.4) is 0 Å². The summed E-state index contributed by atoms with van der Waals surface area (Å²) >= 11 is 0. The molecule has 0 spiro atoms. The highest BCUT2D eigenvalue weighted by molar-refractivity contribution is 4.89. The molecule has 1 aliphatic rings. The number of unbranched alkanes of at least 4 members (excludes halogenated alkanes) is 5. The van der Waals surface area contributed by atoms with Crippen LogP contribution in [0.5, 0.6) is 0 Å². The minimum Gasteiger partial charge on any atom is -0.394 e. The van der Waals surface area contributed by atoms with Crippen molar-refractivity contribution in [1.82, 2.24) is 0 Å². The van der Waals surface area contributed by atoms with E-state index in [0.29, 0.717) is 6.61 Å². The molecule has 1 rings (SSSR count). The summed E-state index contributed by atoms with van der Waals surface area (Å²) < 4.78 is 10.9. The number of aliphatic hydroxyl groups is 3. The molecule has 0 aromatic heterocycles. The van der Waals surface area contributed by atoms with Crippen LogP contribution >= 0.6 is 0 Å². The number of aliphatic hydroxyl groups excluding tert-OH is 3. The van der Waals surface area contributed by atoms with Gasteiger partial charge in [0, 0.05) is 0 Å². The third kappa shape index (κ3) is 7.20. The molecule has 22 heavy (non-hydrogen) atoms. The van der Waals surface area contributed by atoms with Crippen LogP contribution in [0.1, 0.15) is 51.9 Å². The molecule has 0 saturated carbocycles. The van der Waals surface area contributed by atoms with Crippen molar-refractivity contribution in [2.24, 2.45) is 0 Å². The van der Waals surface area contributed by atoms with E-state index in [1.165, 1.54) is 32.1 Å². The Hall–Kier alpha value is -0.460. The van der Waals surface area contributed by atoms with Gasteiger partial charge in [-0.25, -0.2) is 0 Å².